The molecule has 3 aliphatic heterocycles. The molecule has 0 spiro atoms. The van der Waals surface area contributed by atoms with Crippen LogP contribution in [-0.2, 0) is 23.7 Å². The maximum atomic E-state index is 11.1. The topological polar surface area (TPSA) is 86.6 Å². The van der Waals surface area contributed by atoms with E-state index in [-0.39, 0.29) is 48.8 Å². The normalized spacial score (nSPS) is 50.0. The van der Waals surface area contributed by atoms with Gasteiger partial charge in [0.15, 0.2) is 12.1 Å². The third kappa shape index (κ3) is 6.61. The molecule has 0 aromatic heterocycles. The van der Waals surface area contributed by atoms with Crippen molar-refractivity contribution in [3.63, 3.8) is 0 Å². The first-order valence-corrected chi connectivity index (χ1v) is 15.4. The first-order chi connectivity index (χ1) is 17.8. The Balaban J connectivity index is 1.82. The minimum absolute atomic E-state index is 0.0423. The molecule has 0 bridgehead atoms. The zero-order valence-corrected chi connectivity index (χ0v) is 25.9. The lowest BCUT2D eigenvalue weighted by Gasteiger charge is -2.53. The number of hydrogen-bond acceptors (Lipinski definition) is 7. The lowest BCUT2D eigenvalue weighted by Crippen LogP contribution is -2.60. The first kappa shape index (κ1) is 32.2. The minimum atomic E-state index is -0.739. The summed E-state index contributed by atoms with van der Waals surface area (Å²) in [5.41, 5.74) is 0. The summed E-state index contributed by atoms with van der Waals surface area (Å²) in [5.74, 6) is 0.922. The Morgan fingerprint density at radius 1 is 0.895 bits per heavy atom. The summed E-state index contributed by atoms with van der Waals surface area (Å²) in [7, 11) is 0. The molecule has 0 aromatic carbocycles. The van der Waals surface area contributed by atoms with Gasteiger partial charge in [0.25, 0.3) is 0 Å². The standard InChI is InChI=1S/C31H58O7/c1-12-16(3)18(5)27-19(6)17(4)14-31(11,37-27)38-28-21(8)25(15-32)35-30(22(28)9)36-29-24(13-2)34-23(10)20(7)26(29)33/h16-30,32-33H,12-15H2,1-11H3. The lowest BCUT2D eigenvalue weighted by molar-refractivity contribution is -0.366. The van der Waals surface area contributed by atoms with E-state index in [1.807, 2.05) is 20.8 Å². The summed E-state index contributed by atoms with van der Waals surface area (Å²) in [6, 6.07) is 0. The quantitative estimate of drug-likeness (QED) is 0.403. The van der Waals surface area contributed by atoms with Gasteiger partial charge in [-0.15, -0.1) is 0 Å². The number of ether oxygens (including phenoxy) is 5. The zero-order valence-electron chi connectivity index (χ0n) is 25.9. The van der Waals surface area contributed by atoms with Gasteiger partial charge in [-0.1, -0.05) is 68.7 Å². The molecule has 3 fully saturated rings. The summed E-state index contributed by atoms with van der Waals surface area (Å²) in [4.78, 5) is 0. The summed E-state index contributed by atoms with van der Waals surface area (Å²) in [5, 5.41) is 21.3. The van der Waals surface area contributed by atoms with Crippen LogP contribution in [0.3, 0.4) is 0 Å². The van der Waals surface area contributed by atoms with Crippen LogP contribution in [0.25, 0.3) is 0 Å². The highest BCUT2D eigenvalue weighted by atomic mass is 16.7. The summed E-state index contributed by atoms with van der Waals surface area (Å²) < 4.78 is 32.8. The summed E-state index contributed by atoms with van der Waals surface area (Å²) >= 11 is 0. The third-order valence-corrected chi connectivity index (χ3v) is 10.5. The fourth-order valence-corrected chi connectivity index (χ4v) is 6.95. The molecule has 0 aromatic rings. The predicted octanol–water partition coefficient (Wildman–Crippen LogP) is 5.40. The predicted molar refractivity (Wildman–Crippen MR) is 148 cm³/mol. The van der Waals surface area contributed by atoms with Crippen molar-refractivity contribution in [1.29, 1.82) is 0 Å². The maximum absolute atomic E-state index is 11.1. The molecule has 2 N–H and O–H groups in total. The van der Waals surface area contributed by atoms with E-state index in [2.05, 4.69) is 55.4 Å². The first-order valence-electron chi connectivity index (χ1n) is 15.4. The van der Waals surface area contributed by atoms with Gasteiger partial charge in [0.1, 0.15) is 6.10 Å². The van der Waals surface area contributed by atoms with Crippen LogP contribution in [0.5, 0.6) is 0 Å². The highest BCUT2D eigenvalue weighted by Gasteiger charge is 2.51. The summed E-state index contributed by atoms with van der Waals surface area (Å²) in [6.45, 7) is 23.6. The van der Waals surface area contributed by atoms with Crippen LogP contribution in [0.4, 0.5) is 0 Å². The third-order valence-electron chi connectivity index (χ3n) is 10.5. The average Bonchev–Trinajstić information content (AvgIpc) is 2.89. The highest BCUT2D eigenvalue weighted by Crippen LogP contribution is 2.45. The van der Waals surface area contributed by atoms with Gasteiger partial charge in [-0.25, -0.2) is 0 Å². The molecule has 0 aliphatic carbocycles. The minimum Gasteiger partial charge on any atom is -0.394 e. The lowest BCUT2D eigenvalue weighted by atomic mass is 9.74. The Morgan fingerprint density at radius 2 is 1.55 bits per heavy atom. The fraction of sp³-hybridized carbons (Fsp3) is 1.00. The Morgan fingerprint density at radius 3 is 2.13 bits per heavy atom. The van der Waals surface area contributed by atoms with Gasteiger partial charge in [-0.3, -0.25) is 0 Å². The molecular formula is C31H58O7. The Hall–Kier alpha value is -0.280. The fourth-order valence-electron chi connectivity index (χ4n) is 6.95. The maximum Gasteiger partial charge on any atom is 0.166 e. The molecule has 0 saturated carbocycles. The van der Waals surface area contributed by atoms with Crippen molar-refractivity contribution in [2.24, 2.45) is 41.4 Å². The molecule has 7 heteroatoms. The second kappa shape index (κ2) is 13.1. The van der Waals surface area contributed by atoms with Crippen LogP contribution in [0.2, 0.25) is 0 Å². The molecule has 3 heterocycles. The number of hydrogen-bond donors (Lipinski definition) is 2. The van der Waals surface area contributed by atoms with Crippen molar-refractivity contribution in [2.75, 3.05) is 6.61 Å². The van der Waals surface area contributed by atoms with E-state index >= 15 is 0 Å². The molecule has 38 heavy (non-hydrogen) atoms. The smallest absolute Gasteiger partial charge is 0.166 e. The van der Waals surface area contributed by atoms with Crippen LogP contribution >= 0.6 is 0 Å². The Kier molecular flexibility index (Phi) is 11.1. The van der Waals surface area contributed by atoms with Crippen molar-refractivity contribution in [2.45, 2.75) is 150 Å². The van der Waals surface area contributed by atoms with Crippen LogP contribution in [0.15, 0.2) is 0 Å². The zero-order chi connectivity index (χ0) is 28.5. The van der Waals surface area contributed by atoms with Crippen LogP contribution < -0.4 is 0 Å². The van der Waals surface area contributed by atoms with Gasteiger partial charge in [-0.2, -0.15) is 0 Å². The van der Waals surface area contributed by atoms with Gasteiger partial charge in [0, 0.05) is 24.2 Å². The SMILES string of the molecule is CCC(C)C(C)C1OC(C)(OC2C(C)C(CO)OC(OC3C(CC)OC(C)C(C)C3O)C2C)CC(C)C1C. The second-order valence-corrected chi connectivity index (χ2v) is 13.3. The van der Waals surface area contributed by atoms with Crippen molar-refractivity contribution in [3.8, 4) is 0 Å². The van der Waals surface area contributed by atoms with E-state index in [0.717, 1.165) is 19.3 Å². The molecule has 3 aliphatic rings. The highest BCUT2D eigenvalue weighted by molar-refractivity contribution is 4.94. The van der Waals surface area contributed by atoms with Gasteiger partial charge in [-0.05, 0) is 43.9 Å². The molecule has 7 nitrogen and oxygen atoms in total. The number of rotatable bonds is 9. The molecular weight excluding hydrogens is 484 g/mol. The van der Waals surface area contributed by atoms with Crippen molar-refractivity contribution in [1.82, 2.24) is 0 Å². The molecule has 0 amide bonds. The molecule has 3 saturated heterocycles. The van der Waals surface area contributed by atoms with Crippen LogP contribution in [-0.4, -0.2) is 71.6 Å². The largest absolute Gasteiger partial charge is 0.394 e. The second-order valence-electron chi connectivity index (χ2n) is 13.3. The van der Waals surface area contributed by atoms with E-state index in [1.54, 1.807) is 0 Å². The monoisotopic (exact) mass is 542 g/mol. The van der Waals surface area contributed by atoms with Gasteiger partial charge in [0.05, 0.1) is 43.2 Å². The molecule has 224 valence electrons. The van der Waals surface area contributed by atoms with Crippen LogP contribution in [0, 0.1) is 41.4 Å². The Labute approximate surface area is 232 Å². The van der Waals surface area contributed by atoms with Crippen LogP contribution in [0.1, 0.15) is 95.4 Å². The molecule has 0 radical (unpaired) electrons. The van der Waals surface area contributed by atoms with Crippen molar-refractivity contribution < 1.29 is 33.9 Å². The van der Waals surface area contributed by atoms with Crippen molar-refractivity contribution >= 4 is 0 Å². The van der Waals surface area contributed by atoms with E-state index < -0.39 is 30.4 Å². The Bertz CT molecular complexity index is 733. The number of aliphatic hydroxyl groups excluding tert-OH is 2. The average molecular weight is 543 g/mol. The summed E-state index contributed by atoms with van der Waals surface area (Å²) in [6.07, 6.45) is 0.0543. The van der Waals surface area contributed by atoms with E-state index in [1.165, 1.54) is 0 Å². The van der Waals surface area contributed by atoms with Crippen molar-refractivity contribution in [3.05, 3.63) is 0 Å². The van der Waals surface area contributed by atoms with Gasteiger partial charge < -0.3 is 33.9 Å². The molecule has 16 atom stereocenters. The van der Waals surface area contributed by atoms with Gasteiger partial charge >= 0.3 is 0 Å². The van der Waals surface area contributed by atoms with E-state index in [9.17, 15) is 10.2 Å². The van der Waals surface area contributed by atoms with E-state index in [4.69, 9.17) is 23.7 Å². The van der Waals surface area contributed by atoms with E-state index in [0.29, 0.717) is 23.7 Å². The number of aliphatic hydroxyl groups is 2. The molecule has 3 rings (SSSR count). The van der Waals surface area contributed by atoms with Gasteiger partial charge in [0.2, 0.25) is 0 Å². The molecule has 16 unspecified atom stereocenters.